The van der Waals surface area contributed by atoms with Gasteiger partial charge in [0.05, 0.1) is 23.9 Å². The Kier molecular flexibility index (Phi) is 18.7. The van der Waals surface area contributed by atoms with E-state index >= 15 is 0 Å². The maximum Gasteiger partial charge on any atom is 5.00 e. The number of rotatable bonds is 12. The molecule has 0 rings (SSSR count). The van der Waals surface area contributed by atoms with Gasteiger partial charge in [-0.15, -0.1) is 0 Å². The van der Waals surface area contributed by atoms with Gasteiger partial charge in [-0.1, -0.05) is 0 Å². The number of hydrogen-bond donors (Lipinski definition) is 0. The van der Waals surface area contributed by atoms with Crippen molar-refractivity contribution < 1.29 is 108 Å². The van der Waals surface area contributed by atoms with E-state index in [0.717, 1.165) is 9.80 Å². The second kappa shape index (κ2) is 15.5. The Balaban J connectivity index is -0.00000200. The first-order valence-corrected chi connectivity index (χ1v) is 5.94. The molecule has 0 aliphatic heterocycles. The largest absolute Gasteiger partial charge is 5.00 e. The number of carbonyl (C=O) groups excluding carboxylic acids is 4. The van der Waals surface area contributed by atoms with Crippen molar-refractivity contribution in [2.24, 2.45) is 0 Å². The van der Waals surface area contributed by atoms with Crippen LogP contribution < -0.4 is 71.8 Å². The molecule has 12 heteroatoms. The Morgan fingerprint density at radius 1 is 0.609 bits per heavy atom. The van der Waals surface area contributed by atoms with Crippen molar-refractivity contribution in [1.29, 1.82) is 0 Å². The molecule has 0 aliphatic carbocycles. The summed E-state index contributed by atoms with van der Waals surface area (Å²) >= 11 is 0. The van der Waals surface area contributed by atoms with E-state index in [1.165, 1.54) is 0 Å². The first-order chi connectivity index (χ1) is 9.70. The van der Waals surface area contributed by atoms with Crippen LogP contribution in [0, 0.1) is 0 Å². The SMILES string of the molecule is O=C([O-])CN(CCCN(CC(=O)[O-])CC(=O)[O-])CC(=O)[O-].[Fe+5].[K+]. The zero-order valence-corrected chi connectivity index (χ0v) is 16.7. The van der Waals surface area contributed by atoms with Gasteiger partial charge in [0.2, 0.25) is 0 Å². The zero-order valence-electron chi connectivity index (χ0n) is 12.5. The van der Waals surface area contributed by atoms with Crippen molar-refractivity contribution in [2.75, 3.05) is 39.3 Å². The molecule has 23 heavy (non-hydrogen) atoms. The maximum absolute atomic E-state index is 10.4. The number of carbonyl (C=O) groups is 4. The molecule has 0 saturated heterocycles. The summed E-state index contributed by atoms with van der Waals surface area (Å²) in [5.74, 6) is -5.90. The number of nitrogens with zero attached hydrogens (tertiary/aromatic N) is 2. The van der Waals surface area contributed by atoms with Crippen molar-refractivity contribution in [3.63, 3.8) is 0 Å². The van der Waals surface area contributed by atoms with E-state index in [2.05, 4.69) is 0 Å². The second-order valence-corrected chi connectivity index (χ2v) is 4.26. The van der Waals surface area contributed by atoms with Crippen LogP contribution in [0.4, 0.5) is 0 Å². The summed E-state index contributed by atoms with van der Waals surface area (Å²) < 4.78 is 0. The smallest absolute Gasteiger partial charge is 0.549 e. The summed E-state index contributed by atoms with van der Waals surface area (Å²) in [5.41, 5.74) is 0. The molecular weight excluding hydrogens is 383 g/mol. The first kappa shape index (κ1) is 27.8. The van der Waals surface area contributed by atoms with E-state index in [1.54, 1.807) is 0 Å². The molecule has 0 bridgehead atoms. The third-order valence-corrected chi connectivity index (χ3v) is 2.36. The van der Waals surface area contributed by atoms with Gasteiger partial charge in [0, 0.05) is 39.3 Å². The minimum Gasteiger partial charge on any atom is -0.549 e. The minimum atomic E-state index is -1.47. The van der Waals surface area contributed by atoms with Gasteiger partial charge in [-0.25, -0.2) is 0 Å². The summed E-state index contributed by atoms with van der Waals surface area (Å²) in [7, 11) is 0. The van der Waals surface area contributed by atoms with Crippen LogP contribution in [-0.2, 0) is 36.2 Å². The molecule has 0 atom stereocenters. The molecule has 0 heterocycles. The molecule has 0 aromatic heterocycles. The molecular formula is C11H14FeKN2O8+2. The topological polar surface area (TPSA) is 167 Å². The van der Waals surface area contributed by atoms with Gasteiger partial charge in [0.15, 0.2) is 0 Å². The molecule has 0 N–H and O–H groups in total. The van der Waals surface area contributed by atoms with Crippen molar-refractivity contribution in [3.05, 3.63) is 0 Å². The van der Waals surface area contributed by atoms with Crippen LogP contribution in [0.5, 0.6) is 0 Å². The fourth-order valence-electron chi connectivity index (χ4n) is 1.68. The van der Waals surface area contributed by atoms with Gasteiger partial charge in [0.25, 0.3) is 0 Å². The molecule has 0 spiro atoms. The van der Waals surface area contributed by atoms with Crippen molar-refractivity contribution in [1.82, 2.24) is 9.80 Å². The van der Waals surface area contributed by atoms with Crippen LogP contribution in [0.15, 0.2) is 0 Å². The van der Waals surface area contributed by atoms with E-state index < -0.39 is 50.1 Å². The fourth-order valence-corrected chi connectivity index (χ4v) is 1.68. The van der Waals surface area contributed by atoms with Crippen molar-refractivity contribution >= 4 is 23.9 Å². The van der Waals surface area contributed by atoms with Gasteiger partial charge in [-0.2, -0.15) is 0 Å². The molecule has 123 valence electrons. The number of carboxylic acids is 4. The molecule has 0 aromatic carbocycles. The van der Waals surface area contributed by atoms with Crippen LogP contribution in [-0.4, -0.2) is 72.9 Å². The Hall–Kier alpha value is -0.0442. The van der Waals surface area contributed by atoms with E-state index in [0.29, 0.717) is 0 Å². The van der Waals surface area contributed by atoms with Crippen LogP contribution in [0.2, 0.25) is 0 Å². The van der Waals surface area contributed by atoms with Crippen LogP contribution in [0.1, 0.15) is 6.42 Å². The predicted molar refractivity (Wildman–Crippen MR) is 57.5 cm³/mol. The first-order valence-electron chi connectivity index (χ1n) is 5.94. The van der Waals surface area contributed by atoms with Gasteiger partial charge >= 0.3 is 68.5 Å². The summed E-state index contributed by atoms with van der Waals surface area (Å²) in [6.45, 7) is -2.55. The van der Waals surface area contributed by atoms with Gasteiger partial charge in [-0.05, 0) is 6.42 Å². The zero-order chi connectivity index (χ0) is 16.4. The van der Waals surface area contributed by atoms with E-state index in [1.807, 2.05) is 0 Å². The summed E-state index contributed by atoms with van der Waals surface area (Å²) in [6.07, 6.45) is 0.140. The quantitative estimate of drug-likeness (QED) is 0.288. The number of hydrogen-bond acceptors (Lipinski definition) is 10. The molecule has 0 aromatic rings. The molecule has 0 fully saturated rings. The van der Waals surface area contributed by atoms with Crippen LogP contribution in [0.3, 0.4) is 0 Å². The number of carboxylic acid groups (broad SMARTS) is 4. The Bertz CT molecular complexity index is 341. The summed E-state index contributed by atoms with van der Waals surface area (Å²) in [5, 5.41) is 41.7. The Morgan fingerprint density at radius 2 is 0.826 bits per heavy atom. The van der Waals surface area contributed by atoms with Crippen LogP contribution >= 0.6 is 0 Å². The Labute approximate surface area is 185 Å². The fraction of sp³-hybridized carbons (Fsp3) is 0.636. The standard InChI is InChI=1S/C11H18N2O8.Fe.K/c14-8(15)4-12(5-9(16)17)2-1-3-13(6-10(18)19)7-11(20)21;;/h1-7H2,(H,14,15)(H,16,17)(H,18,19)(H,20,21);;/q;+5;+1/p-4. The van der Waals surface area contributed by atoms with E-state index in [9.17, 15) is 39.6 Å². The normalized spacial score (nSPS) is 9.83. The third kappa shape index (κ3) is 18.1. The average molecular weight is 397 g/mol. The molecule has 0 unspecified atom stereocenters. The molecule has 0 saturated carbocycles. The van der Waals surface area contributed by atoms with Crippen LogP contribution in [0.25, 0.3) is 0 Å². The van der Waals surface area contributed by atoms with Gasteiger partial charge in [-0.3, -0.25) is 9.80 Å². The third-order valence-electron chi connectivity index (χ3n) is 2.36. The van der Waals surface area contributed by atoms with Gasteiger partial charge in [0.1, 0.15) is 0 Å². The maximum atomic E-state index is 10.4. The summed E-state index contributed by atoms with van der Waals surface area (Å²) in [4.78, 5) is 43.8. The monoisotopic (exact) mass is 397 g/mol. The molecule has 10 nitrogen and oxygen atoms in total. The minimum absolute atomic E-state index is 0. The Morgan fingerprint density at radius 3 is 1.00 bits per heavy atom. The van der Waals surface area contributed by atoms with Crippen molar-refractivity contribution in [2.45, 2.75) is 6.42 Å². The second-order valence-electron chi connectivity index (χ2n) is 4.26. The molecule has 0 amide bonds. The van der Waals surface area contributed by atoms with E-state index in [-0.39, 0.29) is 88.0 Å². The van der Waals surface area contributed by atoms with Crippen molar-refractivity contribution in [3.8, 4) is 0 Å². The predicted octanol–water partition coefficient (Wildman–Crippen LogP) is -10.0. The summed E-state index contributed by atoms with van der Waals surface area (Å²) in [6, 6.07) is 0. The molecule has 1 radical (unpaired) electrons. The van der Waals surface area contributed by atoms with E-state index in [4.69, 9.17) is 0 Å². The van der Waals surface area contributed by atoms with Gasteiger partial charge < -0.3 is 39.6 Å². The average Bonchev–Trinajstić information content (AvgIpc) is 2.24. The molecule has 0 aliphatic rings. The number of aliphatic carboxylic acids is 4.